The van der Waals surface area contributed by atoms with Crippen LogP contribution in [0.1, 0.15) is 144 Å². The second kappa shape index (κ2) is 37.6. The fraction of sp³-hybridized carbons (Fsp3) is 0.469. The summed E-state index contributed by atoms with van der Waals surface area (Å²) in [6.07, 6.45) is -26.9. The van der Waals surface area contributed by atoms with Gasteiger partial charge in [0.25, 0.3) is 0 Å². The van der Waals surface area contributed by atoms with Crippen LogP contribution in [0.15, 0.2) is 125 Å². The number of phenolic OH excluding ortho intramolecular Hbond substituents is 3. The zero-order valence-corrected chi connectivity index (χ0v) is 74.6. The molecule has 3 aromatic heterocycles. The summed E-state index contributed by atoms with van der Waals surface area (Å²) in [5, 5.41) is 106. The highest BCUT2D eigenvalue weighted by atomic mass is 32.1. The average Bonchev–Trinajstić information content (AvgIpc) is 1.50. The molecule has 12 aliphatic heterocycles. The minimum Gasteiger partial charge on any atom is -0.502 e. The van der Waals surface area contributed by atoms with Gasteiger partial charge in [0.2, 0.25) is 37.5 Å². The van der Waals surface area contributed by atoms with E-state index in [4.69, 9.17) is 150 Å². The zero-order chi connectivity index (χ0) is 111. The van der Waals surface area contributed by atoms with E-state index in [1.54, 1.807) is 18.2 Å². The van der Waals surface area contributed by atoms with Crippen molar-refractivity contribution in [2.75, 3.05) is 102 Å². The van der Waals surface area contributed by atoms with Crippen molar-refractivity contribution in [3.8, 4) is 86.2 Å². The van der Waals surface area contributed by atoms with E-state index in [0.717, 1.165) is 26.8 Å². The van der Waals surface area contributed by atoms with Crippen LogP contribution in [0.3, 0.4) is 0 Å². The van der Waals surface area contributed by atoms with Crippen molar-refractivity contribution in [3.05, 3.63) is 190 Å². The first-order chi connectivity index (χ1) is 73.7. The van der Waals surface area contributed by atoms with Crippen molar-refractivity contribution < 1.29 is 213 Å². The van der Waals surface area contributed by atoms with Gasteiger partial charge in [-0.1, -0.05) is 18.2 Å². The molecular formula is C96H96O39S3. The Kier molecular flexibility index (Phi) is 20.0. The van der Waals surface area contributed by atoms with Crippen molar-refractivity contribution in [1.82, 2.24) is 0 Å². The van der Waals surface area contributed by atoms with Crippen molar-refractivity contribution in [1.29, 1.82) is 0 Å². The lowest BCUT2D eigenvalue weighted by molar-refractivity contribution is -0.368. The van der Waals surface area contributed by atoms with Gasteiger partial charge in [0.05, 0.1) is 146 Å². The van der Waals surface area contributed by atoms with Crippen LogP contribution in [0.25, 0.3) is 0 Å². The first kappa shape index (κ1) is 73.3. The van der Waals surface area contributed by atoms with Crippen LogP contribution in [0.2, 0.25) is 0 Å². The summed E-state index contributed by atoms with van der Waals surface area (Å²) in [7, 11) is -1.14. The number of aliphatic hydroxyl groups excluding tert-OH is 6. The molecule has 0 saturated carbocycles. The molecule has 3 aliphatic carbocycles. The van der Waals surface area contributed by atoms with Gasteiger partial charge in [0.1, 0.15) is 81.5 Å². The van der Waals surface area contributed by atoms with Gasteiger partial charge in [-0.25, -0.2) is 0 Å². The Morgan fingerprint density at radius 1 is 0.355 bits per heavy atom. The Bertz CT molecular complexity index is 6830. The molecule has 0 spiro atoms. The van der Waals surface area contributed by atoms with Crippen molar-refractivity contribution in [3.63, 3.8) is 0 Å². The number of hydrogen-bond donors (Lipinski definition) is 9. The topological polar surface area (TPSA) is 482 Å². The molecule has 15 heterocycles. The number of benzene rings is 6. The molecule has 0 unspecified atom stereocenters. The Morgan fingerprint density at radius 3 is 1.02 bits per heavy atom. The van der Waals surface area contributed by atoms with Gasteiger partial charge >= 0.3 is 17.9 Å². The lowest BCUT2D eigenvalue weighted by Gasteiger charge is -2.48. The van der Waals surface area contributed by atoms with Crippen molar-refractivity contribution >= 4 is 51.9 Å². The molecule has 0 amide bonds. The normalized spacial score (nSPS) is 39.3. The number of aliphatic hydroxyl groups is 6. The van der Waals surface area contributed by atoms with E-state index in [1.807, 2.05) is 34.3 Å². The van der Waals surface area contributed by atoms with E-state index < -0.39 is 265 Å². The van der Waals surface area contributed by atoms with E-state index in [-0.39, 0.29) is 134 Å². The van der Waals surface area contributed by atoms with Gasteiger partial charge in [0.15, 0.2) is 107 Å². The summed E-state index contributed by atoms with van der Waals surface area (Å²) < 4.78 is 302. The number of methoxy groups -OCH3 is 6. The van der Waals surface area contributed by atoms with Crippen molar-refractivity contribution in [2.24, 2.45) is 35.5 Å². The smallest absolute Gasteiger partial charge is 0.310 e. The maximum absolute atomic E-state index is 13.8. The maximum Gasteiger partial charge on any atom is 0.310 e. The number of rotatable bonds is 18. The minimum absolute atomic E-state index is 0.00652. The van der Waals surface area contributed by atoms with E-state index in [0.29, 0.717) is 11.1 Å². The Balaban J connectivity index is 0.000000131. The molecule has 30 atom stereocenters. The summed E-state index contributed by atoms with van der Waals surface area (Å²) in [4.78, 5) is 43.5. The first-order valence-corrected chi connectivity index (χ1v) is 45.7. The summed E-state index contributed by atoms with van der Waals surface area (Å²) in [6, 6.07) is 26.3. The number of aromatic hydroxyl groups is 3. The summed E-state index contributed by atoms with van der Waals surface area (Å²) in [6.45, 7) is -13.7. The number of esters is 3. The highest BCUT2D eigenvalue weighted by Crippen LogP contribution is 2.63. The van der Waals surface area contributed by atoms with Crippen molar-refractivity contribution in [2.45, 2.75) is 147 Å². The van der Waals surface area contributed by atoms with Crippen LogP contribution >= 0.6 is 34.0 Å². The molecule has 39 nitrogen and oxygen atoms in total. The number of ether oxygens (including phenoxy) is 27. The predicted molar refractivity (Wildman–Crippen MR) is 468 cm³/mol. The molecule has 0 radical (unpaired) electrons. The van der Waals surface area contributed by atoms with Gasteiger partial charge < -0.3 is 174 Å². The standard InChI is InChI=1S/3C32H32O13S/c3*1-37-19-6-13(7-20(38-2)25(19)33)23-14-8-17-18(42-12-41-17)9-15(14)28(16-10-39-30(36)24(16)23)44-32-27(35)26(34)29-21(43-32)11-40-31(45-29)22-4-3-5-46-22/h3*3-9,16,21,23-24,26-29,31-35H,10-12H2,1-2H3/t3*16-,21+,23+,24-,26+,27+,28+,29+,31+,32-/m000/s1/i1D3,2D3,12D2,23D;10D2,12D2,23D;10D2,12D2. The number of cyclic esters (lactones) is 3. The summed E-state index contributed by atoms with van der Waals surface area (Å²) in [5.74, 6) is -21.2. The lowest BCUT2D eigenvalue weighted by Crippen LogP contribution is -2.62. The molecule has 732 valence electrons. The monoisotopic (exact) mass is 1990 g/mol. The second-order valence-electron chi connectivity index (χ2n) is 33.9. The van der Waals surface area contributed by atoms with Crippen LogP contribution in [0, 0.1) is 35.5 Å². The highest BCUT2D eigenvalue weighted by molar-refractivity contribution is 7.10. The third kappa shape index (κ3) is 16.1. The summed E-state index contributed by atoms with van der Waals surface area (Å²) in [5.41, 5.74) is 0.652. The number of carbonyl (C=O) groups excluding carboxylic acids is 3. The fourth-order valence-corrected chi connectivity index (χ4v) is 22.1. The van der Waals surface area contributed by atoms with E-state index >= 15 is 0 Å². The zero-order valence-electron chi connectivity index (χ0n) is 90.1. The van der Waals surface area contributed by atoms with Crippen LogP contribution in [0.4, 0.5) is 0 Å². The molecule has 9 aromatic rings. The molecule has 6 aromatic carbocycles. The molecule has 42 heteroatoms. The third-order valence-electron chi connectivity index (χ3n) is 26.5. The third-order valence-corrected chi connectivity index (χ3v) is 29.2. The molecular weight excluding hydrogens is 1870 g/mol. The van der Waals surface area contributed by atoms with Crippen LogP contribution in [-0.2, 0) is 85.4 Å². The molecule has 9 fully saturated rings. The fourth-order valence-electron chi connectivity index (χ4n) is 20.0. The Morgan fingerprint density at radius 2 is 0.667 bits per heavy atom. The molecule has 138 heavy (non-hydrogen) atoms. The van der Waals surface area contributed by atoms with Gasteiger partial charge in [0, 0.05) is 38.2 Å². The predicted octanol–water partition coefficient (Wildman–Crippen LogP) is 8.26. The van der Waals surface area contributed by atoms with Crippen LogP contribution in [-0.4, -0.2) is 258 Å². The summed E-state index contributed by atoms with van der Waals surface area (Å²) >= 11 is 4.17. The van der Waals surface area contributed by atoms with Gasteiger partial charge in [-0.15, -0.1) is 34.0 Å². The maximum atomic E-state index is 13.8. The van der Waals surface area contributed by atoms with Crippen LogP contribution in [0.5, 0.6) is 86.2 Å². The largest absolute Gasteiger partial charge is 0.502 e. The van der Waals surface area contributed by atoms with E-state index in [2.05, 4.69) is 0 Å². The molecule has 0 bridgehead atoms. The number of fused-ring (bicyclic) bond motifs is 12. The van der Waals surface area contributed by atoms with Gasteiger partial charge in [-0.2, -0.15) is 0 Å². The van der Waals surface area contributed by atoms with E-state index in [1.165, 1.54) is 123 Å². The van der Waals surface area contributed by atoms with Crippen LogP contribution < -0.4 is 56.8 Å². The highest BCUT2D eigenvalue weighted by Gasteiger charge is 2.62. The lowest BCUT2D eigenvalue weighted by atomic mass is 9.66. The SMILES string of the molecule is [2H]C([2H])([2H])Oc1cc([C@]2([2H])c3cc4c(cc3[C@@H](O[C@@H]3O[C@@H]5CO[C@@H](c6cccs6)O[C@H]5[C@H](O)[C@H]3O)[C@H]3COC(=O)[C@@H]32)OC([2H])([2H])O4)cc(OC([2H])([2H])[2H])c1O.[2H]C1([2H])Oc2cc3c(cc2O1)[C@@H](O[C@@H]1O[C@@H]2CO[C@@H](c4cccs4)O[C@H]2[C@H](O)[C@H]1O)[C@@H]1[C@H](C(=O)OC1([2H])[2H])[C@@H]3c1cc(OC)c(O)c(OC)c1.[2H]C1([2H])Oc2cc3c(cc2O1)[C@@]([2H])(c1cc(OC)c(O)c(OC)c1)[C@H]1C(=O)OC([2H])([2H])[C@@H]1[C@@H]3O[C@@H]1O[C@@H]2CO[C@@H](c3cccs3)O[C@H]2[C@H](O)[C@H]1O. The minimum atomic E-state index is -3.18. The van der Waals surface area contributed by atoms with Gasteiger partial charge in [-0.3, -0.25) is 14.4 Å². The average molecular weight is 1990 g/mol. The van der Waals surface area contributed by atoms with Gasteiger partial charge in [-0.05, 0) is 157 Å². The quantitative estimate of drug-likeness (QED) is 0.0288. The molecule has 15 aliphatic rings. The Hall–Kier alpha value is -10.9. The first-order valence-electron chi connectivity index (χ1n) is 52.1. The Labute approximate surface area is 822 Å². The molecule has 9 N–H and O–H groups in total. The van der Waals surface area contributed by atoms with E-state index in [9.17, 15) is 63.1 Å². The molecule has 9 saturated heterocycles. The molecule has 24 rings (SSSR count). The second-order valence-corrected chi connectivity index (χ2v) is 36.8. The number of thiophene rings is 3. The number of hydrogen-bond acceptors (Lipinski definition) is 42. The number of carbonyl (C=O) groups is 3. The number of phenols is 3.